The number of allylic oxidation sites excluding steroid dienone is 1. The van der Waals surface area contributed by atoms with Gasteiger partial charge in [0.25, 0.3) is 0 Å². The van der Waals surface area contributed by atoms with Crippen molar-refractivity contribution in [1.29, 1.82) is 0 Å². The van der Waals surface area contributed by atoms with Crippen LogP contribution < -0.4 is 21.9 Å². The number of nitrogens with one attached hydrogen (secondary N) is 3. The number of fused-ring (bicyclic) bond motifs is 3. The van der Waals surface area contributed by atoms with E-state index in [1.165, 1.54) is 36.8 Å². The lowest BCUT2D eigenvalue weighted by Gasteiger charge is -2.57. The van der Waals surface area contributed by atoms with Crippen molar-refractivity contribution >= 4 is 11.3 Å². The maximum atomic E-state index is 6.36. The second-order valence-electron chi connectivity index (χ2n) is 9.39. The fourth-order valence-electron chi connectivity index (χ4n) is 6.25. The van der Waals surface area contributed by atoms with Gasteiger partial charge in [0.2, 0.25) is 0 Å². The van der Waals surface area contributed by atoms with Gasteiger partial charge in [0, 0.05) is 28.9 Å². The Morgan fingerprint density at radius 1 is 1.19 bits per heavy atom. The van der Waals surface area contributed by atoms with E-state index in [9.17, 15) is 0 Å². The van der Waals surface area contributed by atoms with Crippen molar-refractivity contribution in [3.05, 3.63) is 35.4 Å². The highest BCUT2D eigenvalue weighted by atomic mass is 15.5. The molecule has 0 bridgehead atoms. The molecular formula is C22H32N4. The zero-order chi connectivity index (χ0) is 18.0. The molecule has 4 atom stereocenters. The molecule has 2 aliphatic heterocycles. The lowest BCUT2D eigenvalue weighted by Crippen LogP contribution is -2.74. The Morgan fingerprint density at radius 3 is 2.77 bits per heavy atom. The van der Waals surface area contributed by atoms with Crippen molar-refractivity contribution in [2.75, 3.05) is 18.8 Å². The largest absolute Gasteiger partial charge is 0.398 e. The molecule has 4 unspecified atom stereocenters. The van der Waals surface area contributed by atoms with Gasteiger partial charge in [-0.15, -0.1) is 0 Å². The number of hydrogen-bond donors (Lipinski definition) is 4. The zero-order valence-corrected chi connectivity index (χ0v) is 16.1. The van der Waals surface area contributed by atoms with Crippen LogP contribution in [0, 0.1) is 11.3 Å². The molecule has 0 aromatic heterocycles. The minimum Gasteiger partial charge on any atom is -0.398 e. The van der Waals surface area contributed by atoms with Crippen molar-refractivity contribution in [3.63, 3.8) is 0 Å². The van der Waals surface area contributed by atoms with Crippen LogP contribution in [-0.2, 0) is 0 Å². The van der Waals surface area contributed by atoms with Crippen LogP contribution in [0.5, 0.6) is 0 Å². The number of piperidine rings is 1. The summed E-state index contributed by atoms with van der Waals surface area (Å²) in [4.78, 5) is 0. The molecular weight excluding hydrogens is 320 g/mol. The van der Waals surface area contributed by atoms with E-state index in [2.05, 4.69) is 42.1 Å². The molecule has 5 N–H and O–H groups in total. The summed E-state index contributed by atoms with van der Waals surface area (Å²) in [5.41, 5.74) is 20.1. The van der Waals surface area contributed by atoms with Crippen molar-refractivity contribution in [1.82, 2.24) is 16.2 Å². The summed E-state index contributed by atoms with van der Waals surface area (Å²) in [5, 5.41) is 3.62. The highest BCUT2D eigenvalue weighted by Crippen LogP contribution is 2.69. The van der Waals surface area contributed by atoms with E-state index in [4.69, 9.17) is 5.73 Å². The van der Waals surface area contributed by atoms with Crippen LogP contribution in [0.4, 0.5) is 5.69 Å². The molecule has 3 fully saturated rings. The number of nitrogen functional groups attached to an aromatic ring is 1. The van der Waals surface area contributed by atoms with Gasteiger partial charge in [0.1, 0.15) is 0 Å². The summed E-state index contributed by atoms with van der Waals surface area (Å²) in [6, 6.07) is 8.42. The molecule has 1 saturated carbocycles. The number of anilines is 1. The van der Waals surface area contributed by atoms with Crippen LogP contribution in [0.2, 0.25) is 0 Å². The third-order valence-electron chi connectivity index (χ3n) is 7.96. The number of hydrogen-bond acceptors (Lipinski definition) is 4. The average molecular weight is 353 g/mol. The maximum absolute atomic E-state index is 6.36. The second-order valence-corrected chi connectivity index (χ2v) is 9.39. The van der Waals surface area contributed by atoms with Crippen LogP contribution in [0.25, 0.3) is 5.57 Å². The Kier molecular flexibility index (Phi) is 3.60. The normalized spacial score (nSPS) is 41.7. The second kappa shape index (κ2) is 5.57. The average Bonchev–Trinajstić information content (AvgIpc) is 3.36. The first-order valence-corrected chi connectivity index (χ1v) is 10.3. The third kappa shape index (κ3) is 2.25. The quantitative estimate of drug-likeness (QED) is 0.617. The Bertz CT molecular complexity index is 763. The summed E-state index contributed by atoms with van der Waals surface area (Å²) < 4.78 is 0. The number of benzene rings is 1. The van der Waals surface area contributed by atoms with Gasteiger partial charge in [0.15, 0.2) is 0 Å². The van der Waals surface area contributed by atoms with Crippen molar-refractivity contribution < 1.29 is 0 Å². The van der Waals surface area contributed by atoms with Crippen LogP contribution in [-0.4, -0.2) is 24.2 Å². The molecule has 0 amide bonds. The van der Waals surface area contributed by atoms with Gasteiger partial charge in [-0.2, -0.15) is 0 Å². The summed E-state index contributed by atoms with van der Waals surface area (Å²) in [6.45, 7) is 7.10. The molecule has 2 aliphatic carbocycles. The Hall–Kier alpha value is -1.36. The van der Waals surface area contributed by atoms with Gasteiger partial charge in [-0.1, -0.05) is 37.6 Å². The van der Waals surface area contributed by atoms with E-state index < -0.39 is 0 Å². The molecule has 26 heavy (non-hydrogen) atoms. The molecule has 2 heterocycles. The van der Waals surface area contributed by atoms with E-state index >= 15 is 0 Å². The van der Waals surface area contributed by atoms with E-state index in [0.717, 1.165) is 31.6 Å². The standard InChI is InChI=1S/C22H32N4/c1-3-22-11-16(15-7-4-5-8-18(15)23)17-12-20(17,2)19(22)13-21(25-26-22)9-6-10-24-14-21/h4-5,7-8,19,24-26H,3,6,9-14,23H2,1-2H3. The monoisotopic (exact) mass is 352 g/mol. The van der Waals surface area contributed by atoms with Crippen molar-refractivity contribution in [2.45, 2.75) is 63.5 Å². The third-order valence-corrected chi connectivity index (χ3v) is 7.96. The molecule has 140 valence electrons. The summed E-state index contributed by atoms with van der Waals surface area (Å²) >= 11 is 0. The van der Waals surface area contributed by atoms with Gasteiger partial charge in [-0.3, -0.25) is 5.43 Å². The van der Waals surface area contributed by atoms with Crippen LogP contribution in [0.3, 0.4) is 0 Å². The Balaban J connectivity index is 1.55. The molecule has 4 nitrogen and oxygen atoms in total. The SMILES string of the molecule is CCC12CC(c3ccccc3N)=C3CC3(C)C1CC1(CCCNC1)NN2. The van der Waals surface area contributed by atoms with Gasteiger partial charge >= 0.3 is 0 Å². The summed E-state index contributed by atoms with van der Waals surface area (Å²) in [7, 11) is 0. The first kappa shape index (κ1) is 16.8. The Labute approximate surface area is 157 Å². The number of rotatable bonds is 2. The minimum absolute atomic E-state index is 0.134. The first-order chi connectivity index (χ1) is 12.5. The maximum Gasteiger partial charge on any atom is 0.0452 e. The Morgan fingerprint density at radius 2 is 2.04 bits per heavy atom. The highest BCUT2D eigenvalue weighted by Gasteiger charge is 2.65. The molecule has 1 aromatic carbocycles. The van der Waals surface area contributed by atoms with Crippen LogP contribution in [0.1, 0.15) is 57.9 Å². The summed E-state index contributed by atoms with van der Waals surface area (Å²) in [6.07, 6.45) is 7.30. The zero-order valence-electron chi connectivity index (χ0n) is 16.1. The molecule has 5 rings (SSSR count). The number of para-hydroxylation sites is 1. The first-order valence-electron chi connectivity index (χ1n) is 10.3. The smallest absolute Gasteiger partial charge is 0.0452 e. The van der Waals surface area contributed by atoms with Gasteiger partial charge in [-0.05, 0) is 68.0 Å². The molecule has 4 heteroatoms. The molecule has 4 aliphatic rings. The fraction of sp³-hybridized carbons (Fsp3) is 0.636. The number of hydrazine groups is 1. The van der Waals surface area contributed by atoms with E-state index in [1.807, 2.05) is 12.1 Å². The van der Waals surface area contributed by atoms with Gasteiger partial charge in [-0.25, -0.2) is 5.43 Å². The van der Waals surface area contributed by atoms with Gasteiger partial charge in [0.05, 0.1) is 0 Å². The number of nitrogens with two attached hydrogens (primary N) is 1. The fourth-order valence-corrected chi connectivity index (χ4v) is 6.25. The van der Waals surface area contributed by atoms with E-state index in [-0.39, 0.29) is 11.1 Å². The molecule has 2 saturated heterocycles. The predicted molar refractivity (Wildman–Crippen MR) is 107 cm³/mol. The minimum atomic E-state index is 0.134. The predicted octanol–water partition coefficient (Wildman–Crippen LogP) is 3.22. The highest BCUT2D eigenvalue weighted by molar-refractivity contribution is 5.82. The van der Waals surface area contributed by atoms with Crippen LogP contribution in [0.15, 0.2) is 29.8 Å². The van der Waals surface area contributed by atoms with E-state index in [0.29, 0.717) is 11.3 Å². The van der Waals surface area contributed by atoms with Crippen LogP contribution >= 0.6 is 0 Å². The summed E-state index contributed by atoms with van der Waals surface area (Å²) in [5.74, 6) is 0.699. The lowest BCUT2D eigenvalue weighted by molar-refractivity contribution is -0.00175. The topological polar surface area (TPSA) is 62.1 Å². The van der Waals surface area contributed by atoms with Crippen molar-refractivity contribution in [3.8, 4) is 0 Å². The molecule has 1 aromatic rings. The lowest BCUT2D eigenvalue weighted by atomic mass is 9.60. The molecule has 1 spiro atoms. The molecule has 0 radical (unpaired) electrons. The van der Waals surface area contributed by atoms with Crippen molar-refractivity contribution in [2.24, 2.45) is 11.3 Å². The van der Waals surface area contributed by atoms with E-state index in [1.54, 1.807) is 5.57 Å². The van der Waals surface area contributed by atoms with Gasteiger partial charge < -0.3 is 11.1 Å².